The highest BCUT2D eigenvalue weighted by Gasteiger charge is 2.22. The van der Waals surface area contributed by atoms with Crippen LogP contribution in [0.15, 0.2) is 76.4 Å². The summed E-state index contributed by atoms with van der Waals surface area (Å²) in [6, 6.07) is 13.7. The lowest BCUT2D eigenvalue weighted by atomic mass is 10.1. The highest BCUT2D eigenvalue weighted by Crippen LogP contribution is 2.35. The van der Waals surface area contributed by atoms with Crippen molar-refractivity contribution in [3.63, 3.8) is 0 Å². The van der Waals surface area contributed by atoms with Gasteiger partial charge in [0.25, 0.3) is 0 Å². The van der Waals surface area contributed by atoms with Crippen LogP contribution >= 0.6 is 38.5 Å². The summed E-state index contributed by atoms with van der Waals surface area (Å²) in [5.74, 6) is -0.210. The molecule has 0 amide bonds. The maximum atomic E-state index is 11.8. The van der Waals surface area contributed by atoms with E-state index in [-0.39, 0.29) is 5.57 Å². The van der Waals surface area contributed by atoms with Crippen LogP contribution in [0.1, 0.15) is 12.5 Å². The SMILES string of the molecule is COc1ccc(N2C(c3ccc(Br)c(I)c3)=CC=CC(C(=O)O)=C2C)cc1. The van der Waals surface area contributed by atoms with Crippen molar-refractivity contribution in [2.24, 2.45) is 0 Å². The van der Waals surface area contributed by atoms with E-state index in [1.54, 1.807) is 19.3 Å². The Hall–Kier alpha value is -2.06. The van der Waals surface area contributed by atoms with Crippen LogP contribution in [-0.4, -0.2) is 18.2 Å². The Balaban J connectivity index is 2.19. The number of aliphatic carboxylic acids is 1. The lowest BCUT2D eigenvalue weighted by Gasteiger charge is -2.29. The number of benzene rings is 2. The molecule has 0 atom stereocenters. The van der Waals surface area contributed by atoms with E-state index in [1.807, 2.05) is 54.3 Å². The first-order chi connectivity index (χ1) is 12.9. The second-order valence-corrected chi connectivity index (χ2v) is 7.89. The molecule has 4 nitrogen and oxygen atoms in total. The van der Waals surface area contributed by atoms with Gasteiger partial charge in [0, 0.05) is 19.4 Å². The van der Waals surface area contributed by atoms with Crippen LogP contribution < -0.4 is 9.64 Å². The molecular weight excluding hydrogens is 521 g/mol. The Morgan fingerprint density at radius 3 is 2.48 bits per heavy atom. The Bertz CT molecular complexity index is 977. The third-order valence-electron chi connectivity index (χ3n) is 4.26. The largest absolute Gasteiger partial charge is 0.497 e. The van der Waals surface area contributed by atoms with Crippen LogP contribution in [0.4, 0.5) is 5.69 Å². The number of hydrogen-bond acceptors (Lipinski definition) is 3. The molecule has 138 valence electrons. The quantitative estimate of drug-likeness (QED) is 0.498. The fourth-order valence-electron chi connectivity index (χ4n) is 2.90. The molecule has 2 aromatic carbocycles. The molecule has 0 radical (unpaired) electrons. The van der Waals surface area contributed by atoms with Gasteiger partial charge in [-0.2, -0.15) is 0 Å². The summed E-state index contributed by atoms with van der Waals surface area (Å²) < 4.78 is 7.35. The van der Waals surface area contributed by atoms with Crippen molar-refractivity contribution in [3.05, 3.63) is 85.6 Å². The van der Waals surface area contributed by atoms with Gasteiger partial charge >= 0.3 is 5.97 Å². The summed E-state index contributed by atoms with van der Waals surface area (Å²) in [4.78, 5) is 13.7. The summed E-state index contributed by atoms with van der Waals surface area (Å²) in [7, 11) is 1.62. The van der Waals surface area contributed by atoms with E-state index in [9.17, 15) is 9.90 Å². The molecule has 0 spiro atoms. The Labute approximate surface area is 180 Å². The predicted octanol–water partition coefficient (Wildman–Crippen LogP) is 5.84. The van der Waals surface area contributed by atoms with E-state index >= 15 is 0 Å². The first-order valence-corrected chi connectivity index (χ1v) is 10.0. The molecule has 1 aliphatic heterocycles. The number of halogens is 2. The summed E-state index contributed by atoms with van der Waals surface area (Å²) >= 11 is 5.80. The Morgan fingerprint density at radius 2 is 1.89 bits per heavy atom. The van der Waals surface area contributed by atoms with Gasteiger partial charge in [-0.05, 0) is 99.6 Å². The minimum atomic E-state index is -0.956. The zero-order valence-electron chi connectivity index (χ0n) is 14.7. The highest BCUT2D eigenvalue weighted by molar-refractivity contribution is 14.1. The second-order valence-electron chi connectivity index (χ2n) is 5.88. The van der Waals surface area contributed by atoms with Gasteiger partial charge in [0.2, 0.25) is 0 Å². The summed E-state index contributed by atoms with van der Waals surface area (Å²) in [5.41, 5.74) is 3.65. The normalized spacial score (nSPS) is 14.1. The number of carboxylic acid groups (broad SMARTS) is 1. The average Bonchev–Trinajstić information content (AvgIpc) is 2.83. The summed E-state index contributed by atoms with van der Waals surface area (Å²) in [5, 5.41) is 9.63. The standard InChI is InChI=1S/C21H17BrINO3/c1-13-17(21(25)26)4-3-5-20(14-6-11-18(22)19(23)12-14)24(13)15-7-9-16(27-2)10-8-15/h3-12H,1-2H3,(H,25,26). The van der Waals surface area contributed by atoms with Crippen molar-refractivity contribution >= 4 is 55.9 Å². The van der Waals surface area contributed by atoms with Crippen LogP contribution in [0.3, 0.4) is 0 Å². The number of anilines is 1. The van der Waals surface area contributed by atoms with Crippen LogP contribution in [0.25, 0.3) is 5.70 Å². The average molecular weight is 538 g/mol. The molecule has 0 aliphatic carbocycles. The zero-order chi connectivity index (χ0) is 19.6. The van der Waals surface area contributed by atoms with Gasteiger partial charge in [0.15, 0.2) is 0 Å². The molecule has 0 saturated carbocycles. The summed E-state index contributed by atoms with van der Waals surface area (Å²) in [6.07, 6.45) is 5.34. The van der Waals surface area contributed by atoms with Gasteiger partial charge in [0.1, 0.15) is 5.75 Å². The lowest BCUT2D eigenvalue weighted by Crippen LogP contribution is -2.21. The highest BCUT2D eigenvalue weighted by atomic mass is 127. The number of methoxy groups -OCH3 is 1. The zero-order valence-corrected chi connectivity index (χ0v) is 18.5. The fraction of sp³-hybridized carbons (Fsp3) is 0.0952. The monoisotopic (exact) mass is 537 g/mol. The topological polar surface area (TPSA) is 49.8 Å². The maximum Gasteiger partial charge on any atom is 0.337 e. The molecule has 6 heteroatoms. The molecule has 0 bridgehead atoms. The number of rotatable bonds is 4. The number of ether oxygens (including phenoxy) is 1. The molecule has 1 aliphatic rings. The van der Waals surface area contributed by atoms with Gasteiger partial charge in [-0.25, -0.2) is 4.79 Å². The molecule has 3 rings (SSSR count). The van der Waals surface area contributed by atoms with E-state index < -0.39 is 5.97 Å². The van der Waals surface area contributed by atoms with Crippen molar-refractivity contribution in [3.8, 4) is 5.75 Å². The minimum Gasteiger partial charge on any atom is -0.497 e. The van der Waals surface area contributed by atoms with Crippen LogP contribution in [0, 0.1) is 3.57 Å². The van der Waals surface area contributed by atoms with Gasteiger partial charge in [-0.1, -0.05) is 12.1 Å². The molecular formula is C21H17BrINO3. The third kappa shape index (κ3) is 4.11. The van der Waals surface area contributed by atoms with Crippen molar-refractivity contribution in [1.29, 1.82) is 0 Å². The van der Waals surface area contributed by atoms with E-state index in [0.717, 1.165) is 30.7 Å². The number of allylic oxidation sites excluding steroid dienone is 3. The van der Waals surface area contributed by atoms with Gasteiger partial charge in [0.05, 0.1) is 18.4 Å². The predicted molar refractivity (Wildman–Crippen MR) is 120 cm³/mol. The molecule has 0 saturated heterocycles. The first-order valence-electron chi connectivity index (χ1n) is 8.14. The fourth-order valence-corrected chi connectivity index (χ4v) is 3.66. The second kappa shape index (κ2) is 8.31. The van der Waals surface area contributed by atoms with Crippen molar-refractivity contribution in [2.75, 3.05) is 12.0 Å². The van der Waals surface area contributed by atoms with Gasteiger partial charge < -0.3 is 14.7 Å². The minimum absolute atomic E-state index is 0.254. The summed E-state index contributed by atoms with van der Waals surface area (Å²) in [6.45, 7) is 1.82. The maximum absolute atomic E-state index is 11.8. The van der Waals surface area contributed by atoms with E-state index in [4.69, 9.17) is 4.74 Å². The Kier molecular flexibility index (Phi) is 6.06. The van der Waals surface area contributed by atoms with Crippen LogP contribution in [-0.2, 0) is 4.79 Å². The third-order valence-corrected chi connectivity index (χ3v) is 6.58. The van der Waals surface area contributed by atoms with E-state index in [2.05, 4.69) is 44.6 Å². The number of hydrogen-bond donors (Lipinski definition) is 1. The first kappa shape index (κ1) is 19.7. The molecule has 2 aromatic rings. The molecule has 0 unspecified atom stereocenters. The van der Waals surface area contributed by atoms with Crippen LogP contribution in [0.5, 0.6) is 5.75 Å². The van der Waals surface area contributed by atoms with Crippen molar-refractivity contribution in [1.82, 2.24) is 0 Å². The molecule has 0 aromatic heterocycles. The molecule has 0 fully saturated rings. The van der Waals surface area contributed by atoms with Gasteiger partial charge in [-0.3, -0.25) is 0 Å². The number of nitrogens with zero attached hydrogens (tertiary/aromatic N) is 1. The van der Waals surface area contributed by atoms with Crippen molar-refractivity contribution < 1.29 is 14.6 Å². The molecule has 1 N–H and O–H groups in total. The van der Waals surface area contributed by atoms with Crippen molar-refractivity contribution in [2.45, 2.75) is 6.92 Å². The Morgan fingerprint density at radius 1 is 1.19 bits per heavy atom. The lowest BCUT2D eigenvalue weighted by molar-refractivity contribution is -0.132. The van der Waals surface area contributed by atoms with E-state index in [0.29, 0.717) is 5.70 Å². The molecule has 1 heterocycles. The number of carbonyl (C=O) groups is 1. The van der Waals surface area contributed by atoms with Gasteiger partial charge in [-0.15, -0.1) is 0 Å². The smallest absolute Gasteiger partial charge is 0.337 e. The number of carboxylic acids is 1. The molecule has 27 heavy (non-hydrogen) atoms. The van der Waals surface area contributed by atoms with Crippen LogP contribution in [0.2, 0.25) is 0 Å². The van der Waals surface area contributed by atoms with E-state index in [1.165, 1.54) is 0 Å².